The Morgan fingerprint density at radius 1 is 1.21 bits per heavy atom. The van der Waals surface area contributed by atoms with Crippen LogP contribution in [0, 0.1) is 5.41 Å². The van der Waals surface area contributed by atoms with E-state index in [-0.39, 0.29) is 0 Å². The van der Waals surface area contributed by atoms with Crippen LogP contribution in [0.4, 0.5) is 0 Å². The van der Waals surface area contributed by atoms with E-state index in [1.807, 2.05) is 35.1 Å². The molecular weight excluding hydrogens is 262 g/mol. The fraction of sp³-hybridized carbons (Fsp3) is 0.500. The first-order valence-corrected chi connectivity index (χ1v) is 8.16. The largest absolute Gasteiger partial charge is 0.273 e. The van der Waals surface area contributed by atoms with Gasteiger partial charge in [0.2, 0.25) is 15.9 Å². The Bertz CT molecular complexity index is 521. The number of hydrogen-bond donors (Lipinski definition) is 1. The van der Waals surface area contributed by atoms with Crippen molar-refractivity contribution in [1.29, 1.82) is 0 Å². The maximum Gasteiger partial charge on any atom is 0.239 e. The summed E-state index contributed by atoms with van der Waals surface area (Å²) >= 11 is 0. The molecule has 1 aromatic rings. The molecule has 1 rings (SSSR count). The predicted molar refractivity (Wildman–Crippen MR) is 76.1 cm³/mol. The van der Waals surface area contributed by atoms with Gasteiger partial charge >= 0.3 is 0 Å². The van der Waals surface area contributed by atoms with E-state index < -0.39 is 21.3 Å². The molecule has 1 amide bonds. The molecule has 106 valence electrons. The van der Waals surface area contributed by atoms with Gasteiger partial charge in [-0.2, -0.15) is 0 Å². The summed E-state index contributed by atoms with van der Waals surface area (Å²) < 4.78 is 24.1. The third-order valence-corrected chi connectivity index (χ3v) is 3.56. The summed E-state index contributed by atoms with van der Waals surface area (Å²) in [6.45, 7) is 3.52. The van der Waals surface area contributed by atoms with Gasteiger partial charge < -0.3 is 0 Å². The van der Waals surface area contributed by atoms with Crippen LogP contribution in [0.5, 0.6) is 0 Å². The highest BCUT2D eigenvalue weighted by Gasteiger charge is 2.28. The molecule has 4 nitrogen and oxygen atoms in total. The second kappa shape index (κ2) is 6.19. The number of carbonyl (C=O) groups is 1. The van der Waals surface area contributed by atoms with Crippen LogP contribution in [-0.4, -0.2) is 20.6 Å². The molecule has 0 bridgehead atoms. The van der Waals surface area contributed by atoms with Gasteiger partial charge in [-0.1, -0.05) is 44.2 Å². The van der Waals surface area contributed by atoms with Crippen molar-refractivity contribution in [3.05, 3.63) is 35.9 Å². The maximum absolute atomic E-state index is 11.8. The zero-order chi connectivity index (χ0) is 14.5. The summed E-state index contributed by atoms with van der Waals surface area (Å²) in [5, 5.41) is 0. The van der Waals surface area contributed by atoms with Crippen molar-refractivity contribution in [2.75, 3.05) is 6.26 Å². The SMILES string of the molecule is CC(C)(CCCc1ccccc1)C(=O)NS(C)(=O)=O. The third kappa shape index (κ3) is 5.87. The van der Waals surface area contributed by atoms with Gasteiger partial charge in [0.05, 0.1) is 6.26 Å². The van der Waals surface area contributed by atoms with Crippen LogP contribution in [0.1, 0.15) is 32.3 Å². The molecule has 0 heterocycles. The van der Waals surface area contributed by atoms with Gasteiger partial charge in [0, 0.05) is 5.41 Å². The van der Waals surface area contributed by atoms with Crippen molar-refractivity contribution in [3.63, 3.8) is 0 Å². The topological polar surface area (TPSA) is 63.2 Å². The molecule has 0 aromatic heterocycles. The molecule has 5 heteroatoms. The van der Waals surface area contributed by atoms with Crippen LogP contribution in [0.15, 0.2) is 30.3 Å². The van der Waals surface area contributed by atoms with Crippen molar-refractivity contribution >= 4 is 15.9 Å². The van der Waals surface area contributed by atoms with E-state index in [0.29, 0.717) is 6.42 Å². The molecule has 0 aliphatic heterocycles. The van der Waals surface area contributed by atoms with E-state index >= 15 is 0 Å². The standard InChI is InChI=1S/C14H21NO3S/c1-14(2,13(16)15-19(3,17)18)11-7-10-12-8-5-4-6-9-12/h4-6,8-9H,7,10-11H2,1-3H3,(H,15,16). The minimum Gasteiger partial charge on any atom is -0.273 e. The third-order valence-electron chi connectivity index (χ3n) is 3.00. The van der Waals surface area contributed by atoms with Crippen molar-refractivity contribution in [1.82, 2.24) is 4.72 Å². The van der Waals surface area contributed by atoms with Crippen LogP contribution < -0.4 is 4.72 Å². The summed E-state index contributed by atoms with van der Waals surface area (Å²) in [7, 11) is -3.48. The van der Waals surface area contributed by atoms with Crippen LogP contribution >= 0.6 is 0 Å². The molecule has 1 aromatic carbocycles. The molecule has 0 aliphatic carbocycles. The average molecular weight is 283 g/mol. The monoisotopic (exact) mass is 283 g/mol. The van der Waals surface area contributed by atoms with Gasteiger partial charge in [-0.25, -0.2) is 8.42 Å². The number of sulfonamides is 1. The number of hydrogen-bond acceptors (Lipinski definition) is 3. The Hall–Kier alpha value is -1.36. The number of aryl methyl sites for hydroxylation is 1. The quantitative estimate of drug-likeness (QED) is 0.869. The van der Waals surface area contributed by atoms with Gasteiger partial charge in [-0.05, 0) is 24.8 Å². The molecule has 19 heavy (non-hydrogen) atoms. The molecule has 0 atom stereocenters. The van der Waals surface area contributed by atoms with Crippen LogP contribution in [-0.2, 0) is 21.2 Å². The molecule has 0 saturated heterocycles. The normalized spacial score (nSPS) is 12.2. The van der Waals surface area contributed by atoms with Gasteiger partial charge in [0.15, 0.2) is 0 Å². The second-order valence-corrected chi connectivity index (χ2v) is 7.17. The molecular formula is C14H21NO3S. The summed E-state index contributed by atoms with van der Waals surface area (Å²) in [6, 6.07) is 10.0. The van der Waals surface area contributed by atoms with Gasteiger partial charge in [-0.15, -0.1) is 0 Å². The van der Waals surface area contributed by atoms with E-state index in [1.54, 1.807) is 13.8 Å². The average Bonchev–Trinajstić information content (AvgIpc) is 2.28. The Morgan fingerprint density at radius 2 is 1.79 bits per heavy atom. The zero-order valence-corrected chi connectivity index (χ0v) is 12.5. The van der Waals surface area contributed by atoms with Crippen LogP contribution in [0.25, 0.3) is 0 Å². The number of benzene rings is 1. The Morgan fingerprint density at radius 3 is 2.32 bits per heavy atom. The summed E-state index contributed by atoms with van der Waals surface area (Å²) in [4.78, 5) is 11.8. The summed E-state index contributed by atoms with van der Waals surface area (Å²) in [5.74, 6) is -0.442. The number of carbonyl (C=O) groups excluding carboxylic acids is 1. The first-order chi connectivity index (χ1) is 8.71. The highest BCUT2D eigenvalue weighted by atomic mass is 32.2. The van der Waals surface area contributed by atoms with Gasteiger partial charge in [0.1, 0.15) is 0 Å². The molecule has 0 saturated carbocycles. The minimum atomic E-state index is -3.48. The molecule has 0 spiro atoms. The molecule has 1 N–H and O–H groups in total. The fourth-order valence-electron chi connectivity index (χ4n) is 1.80. The Kier molecular flexibility index (Phi) is 5.11. The lowest BCUT2D eigenvalue weighted by Crippen LogP contribution is -2.40. The van der Waals surface area contributed by atoms with Gasteiger partial charge in [-0.3, -0.25) is 9.52 Å². The number of rotatable bonds is 6. The number of nitrogens with one attached hydrogen (secondary N) is 1. The molecule has 0 aliphatic rings. The van der Waals surface area contributed by atoms with Crippen molar-refractivity contribution in [3.8, 4) is 0 Å². The molecule has 0 fully saturated rings. The Balaban J connectivity index is 2.49. The van der Waals surface area contributed by atoms with E-state index in [0.717, 1.165) is 19.1 Å². The fourth-order valence-corrected chi connectivity index (χ4v) is 2.41. The van der Waals surface area contributed by atoms with Crippen molar-refractivity contribution < 1.29 is 13.2 Å². The highest BCUT2D eigenvalue weighted by molar-refractivity contribution is 7.89. The lowest BCUT2D eigenvalue weighted by molar-refractivity contribution is -0.127. The lowest BCUT2D eigenvalue weighted by Gasteiger charge is -2.22. The Labute approximate surface area is 115 Å². The first-order valence-electron chi connectivity index (χ1n) is 6.27. The van der Waals surface area contributed by atoms with Crippen LogP contribution in [0.3, 0.4) is 0 Å². The van der Waals surface area contributed by atoms with Crippen molar-refractivity contribution in [2.45, 2.75) is 33.1 Å². The lowest BCUT2D eigenvalue weighted by atomic mass is 9.86. The van der Waals surface area contributed by atoms with E-state index in [2.05, 4.69) is 0 Å². The predicted octanol–water partition coefficient (Wildman–Crippen LogP) is 2.11. The molecule has 0 unspecified atom stereocenters. The highest BCUT2D eigenvalue weighted by Crippen LogP contribution is 2.24. The van der Waals surface area contributed by atoms with E-state index in [4.69, 9.17) is 0 Å². The van der Waals surface area contributed by atoms with Crippen molar-refractivity contribution in [2.24, 2.45) is 5.41 Å². The van der Waals surface area contributed by atoms with Crippen LogP contribution in [0.2, 0.25) is 0 Å². The number of amides is 1. The zero-order valence-electron chi connectivity index (χ0n) is 11.6. The smallest absolute Gasteiger partial charge is 0.239 e. The second-order valence-electron chi connectivity index (χ2n) is 5.43. The van der Waals surface area contributed by atoms with E-state index in [9.17, 15) is 13.2 Å². The first kappa shape index (κ1) is 15.7. The summed E-state index contributed by atoms with van der Waals surface area (Å²) in [5.41, 5.74) is 0.541. The summed E-state index contributed by atoms with van der Waals surface area (Å²) in [6.07, 6.45) is 3.36. The maximum atomic E-state index is 11.8. The van der Waals surface area contributed by atoms with E-state index in [1.165, 1.54) is 5.56 Å². The van der Waals surface area contributed by atoms with Gasteiger partial charge in [0.25, 0.3) is 0 Å². The molecule has 0 radical (unpaired) electrons. The minimum absolute atomic E-state index is 0.442.